The van der Waals surface area contributed by atoms with E-state index in [-0.39, 0.29) is 11.8 Å². The number of nitrogens with zero attached hydrogens (tertiary/aromatic N) is 1. The highest BCUT2D eigenvalue weighted by atomic mass is 16.5. The van der Waals surface area contributed by atoms with Crippen molar-refractivity contribution >= 4 is 5.91 Å². The van der Waals surface area contributed by atoms with E-state index in [1.54, 1.807) is 4.90 Å². The molecular formula is C24H23NO3. The van der Waals surface area contributed by atoms with Gasteiger partial charge in [-0.3, -0.25) is 4.79 Å². The molecule has 0 saturated carbocycles. The zero-order chi connectivity index (χ0) is 19.5. The number of carbonyl (C=O) groups excluding carboxylic acids is 1. The van der Waals surface area contributed by atoms with E-state index in [1.165, 1.54) is 0 Å². The lowest BCUT2D eigenvalue weighted by molar-refractivity contribution is -0.131. The zero-order valence-corrected chi connectivity index (χ0v) is 16.1. The Labute approximate surface area is 165 Å². The molecule has 4 heteroatoms. The number of hydrogen-bond acceptors (Lipinski definition) is 3. The lowest BCUT2D eigenvalue weighted by Crippen LogP contribution is -2.33. The largest absolute Gasteiger partial charge is 0.494 e. The van der Waals surface area contributed by atoms with E-state index in [2.05, 4.69) is 0 Å². The maximum atomic E-state index is 13.4. The van der Waals surface area contributed by atoms with Gasteiger partial charge in [0.25, 0.3) is 0 Å². The number of benzene rings is 3. The molecule has 3 aromatic rings. The SMILES string of the molecule is CCOc1ccc(CN(C)C(=O)C2c3ccccc3Oc3ccccc32)cc1. The summed E-state index contributed by atoms with van der Waals surface area (Å²) in [6.45, 7) is 3.14. The molecule has 0 radical (unpaired) electrons. The van der Waals surface area contributed by atoms with Gasteiger partial charge in [0.1, 0.15) is 17.2 Å². The van der Waals surface area contributed by atoms with Crippen LogP contribution in [0.3, 0.4) is 0 Å². The average molecular weight is 373 g/mol. The van der Waals surface area contributed by atoms with Crippen LogP contribution in [0, 0.1) is 0 Å². The Morgan fingerprint density at radius 2 is 1.50 bits per heavy atom. The third kappa shape index (κ3) is 3.46. The average Bonchev–Trinajstić information content (AvgIpc) is 2.73. The topological polar surface area (TPSA) is 38.8 Å². The van der Waals surface area contributed by atoms with Gasteiger partial charge in [0.15, 0.2) is 0 Å². The van der Waals surface area contributed by atoms with Crippen molar-refractivity contribution in [3.8, 4) is 17.2 Å². The summed E-state index contributed by atoms with van der Waals surface area (Å²) in [4.78, 5) is 15.2. The summed E-state index contributed by atoms with van der Waals surface area (Å²) in [5.41, 5.74) is 2.88. The van der Waals surface area contributed by atoms with Crippen molar-refractivity contribution in [1.82, 2.24) is 4.90 Å². The second kappa shape index (κ2) is 7.77. The fourth-order valence-electron chi connectivity index (χ4n) is 3.61. The van der Waals surface area contributed by atoms with Gasteiger partial charge >= 0.3 is 0 Å². The second-order valence-corrected chi connectivity index (χ2v) is 6.88. The maximum absolute atomic E-state index is 13.4. The number of rotatable bonds is 5. The van der Waals surface area contributed by atoms with Gasteiger partial charge < -0.3 is 14.4 Å². The van der Waals surface area contributed by atoms with E-state index in [0.717, 1.165) is 33.9 Å². The van der Waals surface area contributed by atoms with E-state index in [4.69, 9.17) is 9.47 Å². The predicted octanol–water partition coefficient (Wildman–Crippen LogP) is 4.98. The molecule has 0 bridgehead atoms. The van der Waals surface area contributed by atoms with Crippen molar-refractivity contribution in [2.45, 2.75) is 19.4 Å². The molecule has 1 aliphatic rings. The molecule has 0 N–H and O–H groups in total. The van der Waals surface area contributed by atoms with E-state index >= 15 is 0 Å². The number of likely N-dealkylation sites (N-methyl/N-ethyl adjacent to an activating group) is 1. The molecule has 4 nitrogen and oxygen atoms in total. The van der Waals surface area contributed by atoms with Gasteiger partial charge in [0, 0.05) is 24.7 Å². The van der Waals surface area contributed by atoms with E-state index < -0.39 is 0 Å². The maximum Gasteiger partial charge on any atom is 0.234 e. The molecule has 0 spiro atoms. The highest BCUT2D eigenvalue weighted by molar-refractivity contribution is 5.89. The molecule has 0 fully saturated rings. The Hall–Kier alpha value is -3.27. The molecule has 1 heterocycles. The molecule has 0 atom stereocenters. The summed E-state index contributed by atoms with van der Waals surface area (Å²) in [6, 6.07) is 23.4. The first kappa shape index (κ1) is 18.1. The molecule has 0 unspecified atom stereocenters. The van der Waals surface area contributed by atoms with Crippen LogP contribution in [0.25, 0.3) is 0 Å². The number of para-hydroxylation sites is 2. The van der Waals surface area contributed by atoms with Crippen LogP contribution in [0.15, 0.2) is 72.8 Å². The van der Waals surface area contributed by atoms with E-state index in [1.807, 2.05) is 86.8 Å². The van der Waals surface area contributed by atoms with Crippen LogP contribution >= 0.6 is 0 Å². The Morgan fingerprint density at radius 1 is 0.929 bits per heavy atom. The van der Waals surface area contributed by atoms with Gasteiger partial charge in [-0.15, -0.1) is 0 Å². The van der Waals surface area contributed by atoms with Crippen LogP contribution in [0.1, 0.15) is 29.5 Å². The van der Waals surface area contributed by atoms with Gasteiger partial charge in [0.05, 0.1) is 12.5 Å². The molecule has 142 valence electrons. The smallest absolute Gasteiger partial charge is 0.234 e. The van der Waals surface area contributed by atoms with Crippen molar-refractivity contribution in [2.24, 2.45) is 0 Å². The molecule has 1 aliphatic heterocycles. The lowest BCUT2D eigenvalue weighted by Gasteiger charge is -2.30. The lowest BCUT2D eigenvalue weighted by atomic mass is 9.87. The number of amides is 1. The molecule has 3 aromatic carbocycles. The van der Waals surface area contributed by atoms with Crippen LogP contribution in [-0.2, 0) is 11.3 Å². The standard InChI is InChI=1S/C24H23NO3/c1-3-27-18-14-12-17(13-15-18)16-25(2)24(26)23-19-8-4-6-10-21(19)28-22-11-7-5-9-20(22)23/h4-15,23H,3,16H2,1-2H3. The molecular weight excluding hydrogens is 350 g/mol. The molecule has 4 rings (SSSR count). The Morgan fingerprint density at radius 3 is 2.07 bits per heavy atom. The summed E-state index contributed by atoms with van der Waals surface area (Å²) >= 11 is 0. The van der Waals surface area contributed by atoms with Crippen LogP contribution in [0.2, 0.25) is 0 Å². The van der Waals surface area contributed by atoms with Crippen molar-refractivity contribution < 1.29 is 14.3 Å². The van der Waals surface area contributed by atoms with Crippen molar-refractivity contribution in [1.29, 1.82) is 0 Å². The van der Waals surface area contributed by atoms with Crippen LogP contribution in [-0.4, -0.2) is 24.5 Å². The first-order chi connectivity index (χ1) is 13.7. The first-order valence-corrected chi connectivity index (χ1v) is 9.49. The normalized spacial score (nSPS) is 12.5. The number of carbonyl (C=O) groups is 1. The monoisotopic (exact) mass is 373 g/mol. The highest BCUT2D eigenvalue weighted by Gasteiger charge is 2.34. The quantitative estimate of drug-likeness (QED) is 0.633. The van der Waals surface area contributed by atoms with Gasteiger partial charge in [0.2, 0.25) is 5.91 Å². The minimum absolute atomic E-state index is 0.0529. The molecule has 1 amide bonds. The Kier molecular flexibility index (Phi) is 5.02. The van der Waals surface area contributed by atoms with Crippen LogP contribution in [0.4, 0.5) is 0 Å². The van der Waals surface area contributed by atoms with Crippen LogP contribution in [0.5, 0.6) is 17.2 Å². The van der Waals surface area contributed by atoms with Crippen LogP contribution < -0.4 is 9.47 Å². The molecule has 0 saturated heterocycles. The van der Waals surface area contributed by atoms with Crippen molar-refractivity contribution in [3.63, 3.8) is 0 Å². The van der Waals surface area contributed by atoms with E-state index in [0.29, 0.717) is 13.2 Å². The fraction of sp³-hybridized carbons (Fsp3) is 0.208. The fourth-order valence-corrected chi connectivity index (χ4v) is 3.61. The summed E-state index contributed by atoms with van der Waals surface area (Å²) < 4.78 is 11.5. The summed E-state index contributed by atoms with van der Waals surface area (Å²) in [6.07, 6.45) is 0. The second-order valence-electron chi connectivity index (χ2n) is 6.88. The third-order valence-corrected chi connectivity index (χ3v) is 4.96. The van der Waals surface area contributed by atoms with Gasteiger partial charge in [-0.1, -0.05) is 48.5 Å². The zero-order valence-electron chi connectivity index (χ0n) is 16.1. The molecule has 28 heavy (non-hydrogen) atoms. The van der Waals surface area contributed by atoms with Crippen molar-refractivity contribution in [2.75, 3.05) is 13.7 Å². The Balaban J connectivity index is 1.60. The summed E-state index contributed by atoms with van der Waals surface area (Å²) in [5.74, 6) is 2.02. The number of fused-ring (bicyclic) bond motifs is 2. The number of ether oxygens (including phenoxy) is 2. The van der Waals surface area contributed by atoms with Gasteiger partial charge in [-0.2, -0.15) is 0 Å². The van der Waals surface area contributed by atoms with Crippen molar-refractivity contribution in [3.05, 3.63) is 89.5 Å². The first-order valence-electron chi connectivity index (χ1n) is 9.49. The Bertz CT molecular complexity index is 936. The highest BCUT2D eigenvalue weighted by Crippen LogP contribution is 2.44. The molecule has 0 aliphatic carbocycles. The van der Waals surface area contributed by atoms with Gasteiger partial charge in [-0.25, -0.2) is 0 Å². The number of hydrogen-bond donors (Lipinski definition) is 0. The third-order valence-electron chi connectivity index (χ3n) is 4.96. The van der Waals surface area contributed by atoms with E-state index in [9.17, 15) is 4.79 Å². The predicted molar refractivity (Wildman–Crippen MR) is 109 cm³/mol. The summed E-state index contributed by atoms with van der Waals surface area (Å²) in [7, 11) is 1.85. The molecule has 0 aromatic heterocycles. The summed E-state index contributed by atoms with van der Waals surface area (Å²) in [5, 5.41) is 0. The minimum atomic E-state index is -0.367. The minimum Gasteiger partial charge on any atom is -0.494 e. The van der Waals surface area contributed by atoms with Gasteiger partial charge in [-0.05, 0) is 36.8 Å².